The first-order valence-electron chi connectivity index (χ1n) is 4.85. The molecule has 96 valence electrons. The summed E-state index contributed by atoms with van der Waals surface area (Å²) in [4.78, 5) is 20.5. The van der Waals surface area contributed by atoms with Crippen LogP contribution >= 0.6 is 33.5 Å². The predicted octanol–water partition coefficient (Wildman–Crippen LogP) is 3.24. The molecule has 0 aromatic carbocycles. The summed E-state index contributed by atoms with van der Waals surface area (Å²) in [5.74, 6) is 0. The molecule has 1 aliphatic rings. The highest BCUT2D eigenvalue weighted by Crippen LogP contribution is 2.34. The quantitative estimate of drug-likeness (QED) is 0.346. The summed E-state index contributed by atoms with van der Waals surface area (Å²) in [6, 6.07) is 0. The minimum absolute atomic E-state index is 0.227. The van der Waals surface area contributed by atoms with E-state index < -0.39 is 6.09 Å². The van der Waals surface area contributed by atoms with Gasteiger partial charge >= 0.3 is 6.09 Å². The fourth-order valence-electron chi connectivity index (χ4n) is 1.15. The summed E-state index contributed by atoms with van der Waals surface area (Å²) >= 11 is 1.48. The molecule has 0 aliphatic carbocycles. The summed E-state index contributed by atoms with van der Waals surface area (Å²) < 4.78 is 1.38. The molecule has 0 aromatic rings. The molecule has 5 nitrogen and oxygen atoms in total. The van der Waals surface area contributed by atoms with Crippen LogP contribution < -0.4 is 0 Å². The average Bonchev–Trinajstić information content (AvgIpc) is 2.48. The number of nitrogens with zero attached hydrogens (tertiary/aromatic N) is 3. The minimum atomic E-state index is -0.491. The zero-order valence-corrected chi connectivity index (χ0v) is 12.8. The van der Waals surface area contributed by atoms with Gasteiger partial charge in [-0.05, 0) is 27.0 Å². The van der Waals surface area contributed by atoms with E-state index in [1.807, 2.05) is 27.0 Å². The van der Waals surface area contributed by atoms with E-state index in [-0.39, 0.29) is 4.87 Å². The minimum Gasteiger partial charge on any atom is -0.296 e. The SMILES string of the molecule is CSSN(C)C(=O)ON=C1SC(C)(C)N=C1C. The number of hydrogen-bond acceptors (Lipinski definition) is 7. The average molecular weight is 293 g/mol. The molecule has 0 N–H and O–H groups in total. The fraction of sp³-hybridized carbons (Fsp3) is 0.667. The smallest absolute Gasteiger partial charge is 0.296 e. The highest BCUT2D eigenvalue weighted by atomic mass is 33.1. The Bertz CT molecular complexity index is 368. The third-order valence-electron chi connectivity index (χ3n) is 1.74. The second-order valence-electron chi connectivity index (χ2n) is 3.74. The lowest BCUT2D eigenvalue weighted by Gasteiger charge is -2.11. The van der Waals surface area contributed by atoms with Gasteiger partial charge in [-0.1, -0.05) is 27.7 Å². The normalized spacial score (nSPS) is 20.3. The van der Waals surface area contributed by atoms with E-state index in [9.17, 15) is 4.79 Å². The van der Waals surface area contributed by atoms with E-state index in [0.29, 0.717) is 5.04 Å². The van der Waals surface area contributed by atoms with Crippen molar-refractivity contribution in [3.05, 3.63) is 0 Å². The van der Waals surface area contributed by atoms with Crippen LogP contribution in [0.1, 0.15) is 20.8 Å². The van der Waals surface area contributed by atoms with Gasteiger partial charge in [0.25, 0.3) is 0 Å². The maximum atomic E-state index is 11.5. The van der Waals surface area contributed by atoms with Gasteiger partial charge in [-0.25, -0.2) is 9.10 Å². The number of rotatable bonds is 3. The monoisotopic (exact) mass is 293 g/mol. The number of carbonyl (C=O) groups is 1. The third-order valence-corrected chi connectivity index (χ3v) is 4.54. The molecule has 1 rings (SSSR count). The van der Waals surface area contributed by atoms with Gasteiger partial charge in [-0.3, -0.25) is 9.83 Å². The molecule has 17 heavy (non-hydrogen) atoms. The number of amides is 1. The first-order chi connectivity index (χ1) is 7.85. The van der Waals surface area contributed by atoms with Crippen LogP contribution in [-0.4, -0.2) is 39.3 Å². The summed E-state index contributed by atoms with van der Waals surface area (Å²) in [7, 11) is 4.39. The highest BCUT2D eigenvalue weighted by Gasteiger charge is 2.29. The van der Waals surface area contributed by atoms with E-state index >= 15 is 0 Å². The summed E-state index contributed by atoms with van der Waals surface area (Å²) in [6.45, 7) is 5.83. The van der Waals surface area contributed by atoms with E-state index in [1.54, 1.807) is 7.05 Å². The lowest BCUT2D eigenvalue weighted by molar-refractivity contribution is 0.138. The van der Waals surface area contributed by atoms with Gasteiger partial charge in [0.2, 0.25) is 0 Å². The second kappa shape index (κ2) is 6.01. The van der Waals surface area contributed by atoms with Crippen molar-refractivity contribution in [1.82, 2.24) is 4.31 Å². The molecule has 1 aliphatic heterocycles. The topological polar surface area (TPSA) is 54.3 Å². The van der Waals surface area contributed by atoms with Crippen LogP contribution in [0.5, 0.6) is 0 Å². The molecule has 0 spiro atoms. The van der Waals surface area contributed by atoms with Crippen molar-refractivity contribution < 1.29 is 9.63 Å². The maximum absolute atomic E-state index is 11.5. The summed E-state index contributed by atoms with van der Waals surface area (Å²) in [5, 5.41) is 4.50. The van der Waals surface area contributed by atoms with Gasteiger partial charge < -0.3 is 0 Å². The Morgan fingerprint density at radius 1 is 1.59 bits per heavy atom. The van der Waals surface area contributed by atoms with Crippen molar-refractivity contribution in [2.24, 2.45) is 10.1 Å². The van der Waals surface area contributed by atoms with Crippen LogP contribution in [-0.2, 0) is 4.84 Å². The Hall–Kier alpha value is -0.340. The standard InChI is InChI=1S/C9H15N3O2S3/c1-6-7(16-9(2,3)10-6)11-14-8(13)12(4)17-15-5/h1-5H3. The highest BCUT2D eigenvalue weighted by molar-refractivity contribution is 8.75. The van der Waals surface area contributed by atoms with Crippen LogP contribution in [0.2, 0.25) is 0 Å². The van der Waals surface area contributed by atoms with Crippen LogP contribution in [0, 0.1) is 0 Å². The second-order valence-corrected chi connectivity index (χ2v) is 7.81. The molecule has 1 amide bonds. The molecule has 0 fully saturated rings. The van der Waals surface area contributed by atoms with E-state index in [0.717, 1.165) is 5.71 Å². The van der Waals surface area contributed by atoms with E-state index in [1.165, 1.54) is 37.8 Å². The lowest BCUT2D eigenvalue weighted by Crippen LogP contribution is -2.18. The van der Waals surface area contributed by atoms with Crippen LogP contribution in [0.25, 0.3) is 0 Å². The van der Waals surface area contributed by atoms with Gasteiger partial charge in [-0.15, -0.1) is 0 Å². The molecular weight excluding hydrogens is 278 g/mol. The van der Waals surface area contributed by atoms with Crippen molar-refractivity contribution in [3.8, 4) is 0 Å². The molecule has 1 heterocycles. The van der Waals surface area contributed by atoms with Crippen molar-refractivity contribution >= 4 is 50.4 Å². The van der Waals surface area contributed by atoms with Crippen LogP contribution in [0.3, 0.4) is 0 Å². The van der Waals surface area contributed by atoms with Gasteiger partial charge in [0.15, 0.2) is 5.04 Å². The molecule has 0 bridgehead atoms. The molecule has 0 saturated heterocycles. The van der Waals surface area contributed by atoms with Crippen molar-refractivity contribution in [2.75, 3.05) is 13.3 Å². The van der Waals surface area contributed by atoms with Crippen LogP contribution in [0.15, 0.2) is 10.1 Å². The zero-order valence-electron chi connectivity index (χ0n) is 10.4. The van der Waals surface area contributed by atoms with Gasteiger partial charge in [0.05, 0.1) is 5.71 Å². The van der Waals surface area contributed by atoms with Gasteiger partial charge in [-0.2, -0.15) is 0 Å². The summed E-state index contributed by atoms with van der Waals surface area (Å²) in [6.07, 6.45) is 1.39. The first-order valence-corrected chi connectivity index (χ1v) is 8.18. The molecular formula is C9H15N3O2S3. The number of aliphatic imine (C=N–C) groups is 1. The lowest BCUT2D eigenvalue weighted by atomic mass is 10.4. The number of oxime groups is 1. The Morgan fingerprint density at radius 2 is 2.24 bits per heavy atom. The van der Waals surface area contributed by atoms with Crippen LogP contribution in [0.4, 0.5) is 4.79 Å². The molecule has 8 heteroatoms. The molecule has 0 saturated carbocycles. The summed E-state index contributed by atoms with van der Waals surface area (Å²) in [5.41, 5.74) is 0.799. The largest absolute Gasteiger partial charge is 0.446 e. The van der Waals surface area contributed by atoms with E-state index in [4.69, 9.17) is 4.84 Å². The van der Waals surface area contributed by atoms with Crippen molar-refractivity contribution in [3.63, 3.8) is 0 Å². The molecule has 0 aromatic heterocycles. The first kappa shape index (κ1) is 14.7. The Morgan fingerprint density at radius 3 is 2.71 bits per heavy atom. The number of thioether (sulfide) groups is 1. The molecule has 0 radical (unpaired) electrons. The predicted molar refractivity (Wildman–Crippen MR) is 77.6 cm³/mol. The molecule has 0 unspecified atom stereocenters. The molecule has 0 atom stereocenters. The maximum Gasteiger partial charge on any atom is 0.446 e. The number of hydrogen-bond donors (Lipinski definition) is 0. The Kier molecular flexibility index (Phi) is 5.21. The number of carbonyl (C=O) groups excluding carboxylic acids is 1. The Labute approximate surface area is 113 Å². The van der Waals surface area contributed by atoms with Crippen molar-refractivity contribution in [1.29, 1.82) is 0 Å². The zero-order chi connectivity index (χ0) is 13.1. The van der Waals surface area contributed by atoms with Gasteiger partial charge in [0.1, 0.15) is 4.87 Å². The third kappa shape index (κ3) is 4.44. The fourth-order valence-corrected chi connectivity index (χ4v) is 3.24. The van der Waals surface area contributed by atoms with E-state index in [2.05, 4.69) is 10.1 Å². The van der Waals surface area contributed by atoms with Gasteiger partial charge in [0, 0.05) is 18.0 Å². The Balaban J connectivity index is 2.56. The van der Waals surface area contributed by atoms with Crippen molar-refractivity contribution in [2.45, 2.75) is 25.6 Å².